The van der Waals surface area contributed by atoms with Crippen molar-refractivity contribution in [3.05, 3.63) is 42.2 Å². The average Bonchev–Trinajstić information content (AvgIpc) is 2.81. The highest BCUT2D eigenvalue weighted by Gasteiger charge is 2.03. The van der Waals surface area contributed by atoms with Crippen LogP contribution in [0.1, 0.15) is 90.0 Å². The zero-order chi connectivity index (χ0) is 22.0. The van der Waals surface area contributed by atoms with Crippen LogP contribution in [0.5, 0.6) is 5.75 Å². The van der Waals surface area contributed by atoms with E-state index in [-0.39, 0.29) is 0 Å². The first kappa shape index (κ1) is 25.3. The van der Waals surface area contributed by atoms with Gasteiger partial charge in [-0.3, -0.25) is 0 Å². The summed E-state index contributed by atoms with van der Waals surface area (Å²) in [6.45, 7) is 6.84. The zero-order valence-electron chi connectivity index (χ0n) is 19.8. The minimum Gasteiger partial charge on any atom is -0.490 e. The van der Waals surface area contributed by atoms with E-state index in [0.717, 1.165) is 49.6 Å². The van der Waals surface area contributed by atoms with Crippen molar-refractivity contribution in [2.75, 3.05) is 19.8 Å². The van der Waals surface area contributed by atoms with Crippen LogP contribution >= 0.6 is 0 Å². The molecule has 2 rings (SSSR count). The molecular weight excluding hydrogens is 384 g/mol. The van der Waals surface area contributed by atoms with Gasteiger partial charge in [0, 0.05) is 18.8 Å². The van der Waals surface area contributed by atoms with Crippen LogP contribution in [0.2, 0.25) is 0 Å². The maximum Gasteiger partial charge on any atom is 0.159 e. The van der Waals surface area contributed by atoms with Gasteiger partial charge in [-0.1, -0.05) is 83.1 Å². The van der Waals surface area contributed by atoms with Crippen LogP contribution in [0.3, 0.4) is 0 Å². The molecule has 0 amide bonds. The van der Waals surface area contributed by atoms with E-state index in [1.54, 1.807) is 12.4 Å². The molecular formula is C27H42N2O2. The summed E-state index contributed by atoms with van der Waals surface area (Å²) >= 11 is 0. The molecule has 1 aromatic carbocycles. The van der Waals surface area contributed by atoms with Gasteiger partial charge in [0.25, 0.3) is 0 Å². The number of ether oxygens (including phenoxy) is 2. The lowest BCUT2D eigenvalue weighted by Gasteiger charge is -2.07. The molecule has 0 aliphatic heterocycles. The van der Waals surface area contributed by atoms with Crippen LogP contribution in [0.4, 0.5) is 0 Å². The van der Waals surface area contributed by atoms with Crippen LogP contribution in [-0.4, -0.2) is 29.8 Å². The molecule has 0 aliphatic rings. The summed E-state index contributed by atoms with van der Waals surface area (Å²) in [4.78, 5) is 8.96. The Bertz CT molecular complexity index is 671. The molecule has 2 aromatic rings. The third-order valence-electron chi connectivity index (χ3n) is 5.50. The van der Waals surface area contributed by atoms with Crippen LogP contribution < -0.4 is 4.74 Å². The molecule has 1 heterocycles. The summed E-state index contributed by atoms with van der Waals surface area (Å²) in [6, 6.07) is 8.67. The van der Waals surface area contributed by atoms with Crippen LogP contribution in [0.25, 0.3) is 11.4 Å². The van der Waals surface area contributed by atoms with Gasteiger partial charge in [0.1, 0.15) is 0 Å². The fourth-order valence-corrected chi connectivity index (χ4v) is 3.52. The number of hydrogen-bond donors (Lipinski definition) is 0. The monoisotopic (exact) mass is 426 g/mol. The summed E-state index contributed by atoms with van der Waals surface area (Å²) < 4.78 is 11.4. The van der Waals surface area contributed by atoms with Crippen LogP contribution in [0.15, 0.2) is 36.7 Å². The number of hydrogen-bond acceptors (Lipinski definition) is 4. The lowest BCUT2D eigenvalue weighted by molar-refractivity contribution is 0.122. The van der Waals surface area contributed by atoms with Crippen molar-refractivity contribution in [1.29, 1.82) is 0 Å². The summed E-state index contributed by atoms with van der Waals surface area (Å²) in [6.07, 6.45) is 18.4. The molecule has 0 fully saturated rings. The van der Waals surface area contributed by atoms with Gasteiger partial charge < -0.3 is 9.47 Å². The van der Waals surface area contributed by atoms with E-state index in [4.69, 9.17) is 9.47 Å². The largest absolute Gasteiger partial charge is 0.490 e. The van der Waals surface area contributed by atoms with Crippen LogP contribution in [0, 0.1) is 0 Å². The standard InChI is InChI=1S/C27H42N2O2/c1-3-5-7-8-9-10-14-24-15-17-25(18-16-24)27-28-22-26(23-29-27)31-21-13-12-20-30-19-11-6-4-2/h15-18,22-23H,3-14,19-21H2,1-2H3. The van der Waals surface area contributed by atoms with Crippen molar-refractivity contribution >= 4 is 0 Å². The molecule has 0 aliphatic carbocycles. The number of unbranched alkanes of at least 4 members (excludes halogenated alkanes) is 8. The van der Waals surface area contributed by atoms with E-state index < -0.39 is 0 Å². The Morgan fingerprint density at radius 1 is 0.645 bits per heavy atom. The van der Waals surface area contributed by atoms with E-state index in [2.05, 4.69) is 48.1 Å². The van der Waals surface area contributed by atoms with E-state index in [9.17, 15) is 0 Å². The number of nitrogens with zero attached hydrogens (tertiary/aromatic N) is 2. The van der Waals surface area contributed by atoms with E-state index >= 15 is 0 Å². The fourth-order valence-electron chi connectivity index (χ4n) is 3.52. The molecule has 4 nitrogen and oxygen atoms in total. The van der Waals surface area contributed by atoms with Gasteiger partial charge in [-0.05, 0) is 37.7 Å². The molecule has 0 radical (unpaired) electrons. The van der Waals surface area contributed by atoms with Gasteiger partial charge in [-0.15, -0.1) is 0 Å². The Morgan fingerprint density at radius 2 is 1.23 bits per heavy atom. The SMILES string of the molecule is CCCCCCCCc1ccc(-c2ncc(OCCCCOCCCCC)cn2)cc1. The fraction of sp³-hybridized carbons (Fsp3) is 0.630. The predicted molar refractivity (Wildman–Crippen MR) is 130 cm³/mol. The maximum absolute atomic E-state index is 5.76. The smallest absolute Gasteiger partial charge is 0.159 e. The second kappa shape index (κ2) is 16.7. The Labute approximate surface area is 189 Å². The summed E-state index contributed by atoms with van der Waals surface area (Å²) in [5.41, 5.74) is 2.45. The van der Waals surface area contributed by atoms with Gasteiger partial charge in [0.15, 0.2) is 11.6 Å². The molecule has 0 saturated heterocycles. The van der Waals surface area contributed by atoms with E-state index in [1.165, 1.54) is 63.4 Å². The van der Waals surface area contributed by atoms with Crippen molar-refractivity contribution in [3.8, 4) is 17.1 Å². The zero-order valence-corrected chi connectivity index (χ0v) is 19.8. The van der Waals surface area contributed by atoms with Gasteiger partial charge >= 0.3 is 0 Å². The molecule has 1 aromatic heterocycles. The lowest BCUT2D eigenvalue weighted by atomic mass is 10.0. The second-order valence-corrected chi connectivity index (χ2v) is 8.33. The maximum atomic E-state index is 5.76. The quantitative estimate of drug-likeness (QED) is 0.233. The van der Waals surface area contributed by atoms with Gasteiger partial charge in [0.05, 0.1) is 19.0 Å². The number of aromatic nitrogens is 2. The topological polar surface area (TPSA) is 44.2 Å². The van der Waals surface area contributed by atoms with Gasteiger partial charge in [0.2, 0.25) is 0 Å². The first-order chi connectivity index (χ1) is 15.3. The van der Waals surface area contributed by atoms with E-state index in [0.29, 0.717) is 6.61 Å². The third-order valence-corrected chi connectivity index (χ3v) is 5.50. The molecule has 0 atom stereocenters. The average molecular weight is 427 g/mol. The molecule has 0 spiro atoms. The first-order valence-electron chi connectivity index (χ1n) is 12.5. The van der Waals surface area contributed by atoms with Gasteiger partial charge in [-0.2, -0.15) is 0 Å². The van der Waals surface area contributed by atoms with Crippen molar-refractivity contribution < 1.29 is 9.47 Å². The second-order valence-electron chi connectivity index (χ2n) is 8.33. The normalized spacial score (nSPS) is 11.0. The van der Waals surface area contributed by atoms with Crippen LogP contribution in [-0.2, 0) is 11.2 Å². The molecule has 4 heteroatoms. The third kappa shape index (κ3) is 11.3. The molecule has 0 unspecified atom stereocenters. The summed E-state index contributed by atoms with van der Waals surface area (Å²) in [5, 5.41) is 0. The number of benzene rings is 1. The molecule has 0 saturated carbocycles. The Balaban J connectivity index is 1.62. The predicted octanol–water partition coefficient (Wildman–Crippen LogP) is 7.41. The summed E-state index contributed by atoms with van der Waals surface area (Å²) in [7, 11) is 0. The Kier molecular flexibility index (Phi) is 13.7. The lowest BCUT2D eigenvalue weighted by Crippen LogP contribution is -2.02. The highest BCUT2D eigenvalue weighted by atomic mass is 16.5. The van der Waals surface area contributed by atoms with Crippen molar-refractivity contribution in [1.82, 2.24) is 9.97 Å². The number of rotatable bonds is 18. The van der Waals surface area contributed by atoms with Crippen molar-refractivity contribution in [3.63, 3.8) is 0 Å². The molecule has 31 heavy (non-hydrogen) atoms. The minimum atomic E-state index is 0.675. The molecule has 0 bridgehead atoms. The molecule has 0 N–H and O–H groups in total. The minimum absolute atomic E-state index is 0.675. The van der Waals surface area contributed by atoms with Crippen molar-refractivity contribution in [2.24, 2.45) is 0 Å². The highest BCUT2D eigenvalue weighted by molar-refractivity contribution is 5.55. The van der Waals surface area contributed by atoms with Gasteiger partial charge in [-0.25, -0.2) is 9.97 Å². The first-order valence-corrected chi connectivity index (χ1v) is 12.5. The Morgan fingerprint density at radius 3 is 1.94 bits per heavy atom. The van der Waals surface area contributed by atoms with Crippen molar-refractivity contribution in [2.45, 2.75) is 90.9 Å². The van der Waals surface area contributed by atoms with E-state index in [1.807, 2.05) is 0 Å². The Hall–Kier alpha value is -1.94. The number of aryl methyl sites for hydroxylation is 1. The highest BCUT2D eigenvalue weighted by Crippen LogP contribution is 2.19. The molecule has 172 valence electrons. The summed E-state index contributed by atoms with van der Waals surface area (Å²) in [5.74, 6) is 1.48.